The molecule has 1 aliphatic rings. The molecule has 39 heavy (non-hydrogen) atoms. The fourth-order valence-electron chi connectivity index (χ4n) is 4.75. The number of urea groups is 1. The Morgan fingerprint density at radius 1 is 0.872 bits per heavy atom. The summed E-state index contributed by atoms with van der Waals surface area (Å²) >= 11 is 8.27. The van der Waals surface area contributed by atoms with E-state index < -0.39 is 0 Å². The van der Waals surface area contributed by atoms with Gasteiger partial charge in [-0.2, -0.15) is 0 Å². The number of rotatable bonds is 18. The number of carbonyl (C=O) groups excluding carboxylic acids is 1. The molecule has 0 unspecified atom stereocenters. The number of ether oxygens (including phenoxy) is 1. The van der Waals surface area contributed by atoms with Crippen molar-refractivity contribution in [3.8, 4) is 5.75 Å². The fourth-order valence-corrected chi connectivity index (χ4v) is 5.74. The Hall–Kier alpha value is -2.31. The molecule has 214 valence electrons. The second-order valence-corrected chi connectivity index (χ2v) is 11.9. The molecule has 2 aromatic carbocycles. The van der Waals surface area contributed by atoms with Gasteiger partial charge in [-0.1, -0.05) is 113 Å². The van der Waals surface area contributed by atoms with Gasteiger partial charge in [0.1, 0.15) is 0 Å². The van der Waals surface area contributed by atoms with E-state index in [1.807, 2.05) is 48.2 Å². The highest BCUT2D eigenvalue weighted by molar-refractivity contribution is 8.03. The summed E-state index contributed by atoms with van der Waals surface area (Å²) < 4.78 is 6.04. The molecule has 1 aliphatic heterocycles. The maximum Gasteiger partial charge on any atom is 0.323 e. The Balaban J connectivity index is 1.39. The molecule has 0 saturated carbocycles. The summed E-state index contributed by atoms with van der Waals surface area (Å²) in [6.45, 7) is 5.71. The third kappa shape index (κ3) is 11.8. The molecule has 0 spiro atoms. The van der Waals surface area contributed by atoms with Gasteiger partial charge in [0.2, 0.25) is 0 Å². The third-order valence-corrected chi connectivity index (χ3v) is 8.24. The number of thioether (sulfide) groups is 1. The smallest absolute Gasteiger partial charge is 0.323 e. The van der Waals surface area contributed by atoms with E-state index in [0.29, 0.717) is 23.1 Å². The van der Waals surface area contributed by atoms with Crippen LogP contribution in [0.25, 0.3) is 0 Å². The molecule has 0 aliphatic carbocycles. The molecule has 0 fully saturated rings. The van der Waals surface area contributed by atoms with E-state index in [1.165, 1.54) is 69.1 Å². The molecule has 5 nitrogen and oxygen atoms in total. The topological polar surface area (TPSA) is 53.6 Å². The first-order valence-electron chi connectivity index (χ1n) is 14.7. The van der Waals surface area contributed by atoms with Gasteiger partial charge in [-0.05, 0) is 42.0 Å². The SMILES string of the molecule is CCCCCCCCCCCCCCOc1c(Cl)cccc1NC(=O)Nc1ccccc1CN1C=C(C)SC1. The van der Waals surface area contributed by atoms with Crippen LogP contribution in [0.15, 0.2) is 53.6 Å². The number of allylic oxidation sites excluding steroid dienone is 1. The van der Waals surface area contributed by atoms with Crippen molar-refractivity contribution < 1.29 is 9.53 Å². The maximum atomic E-state index is 12.9. The number of nitrogens with one attached hydrogen (secondary N) is 2. The van der Waals surface area contributed by atoms with Crippen molar-refractivity contribution >= 4 is 40.8 Å². The van der Waals surface area contributed by atoms with Crippen molar-refractivity contribution in [1.29, 1.82) is 0 Å². The standard InChI is InChI=1S/C32H46ClN3O2S/c1-3-4-5-6-7-8-9-10-11-12-13-16-22-38-31-28(33)19-17-21-30(31)35-32(37)34-29-20-15-14-18-27(29)24-36-23-26(2)39-25-36/h14-15,17-21,23H,3-13,16,22,24-25H2,1-2H3,(H2,34,35,37). The molecule has 0 atom stereocenters. The van der Waals surface area contributed by atoms with Gasteiger partial charge < -0.3 is 20.3 Å². The number of nitrogens with zero attached hydrogens (tertiary/aromatic N) is 1. The molecule has 0 saturated heterocycles. The van der Waals surface area contributed by atoms with E-state index in [9.17, 15) is 4.79 Å². The lowest BCUT2D eigenvalue weighted by Crippen LogP contribution is -2.22. The van der Waals surface area contributed by atoms with Crippen LogP contribution in [0.4, 0.5) is 16.2 Å². The number of para-hydroxylation sites is 2. The Kier molecular flexibility index (Phi) is 14.5. The quantitative estimate of drug-likeness (QED) is 0.175. The Morgan fingerprint density at radius 2 is 1.49 bits per heavy atom. The van der Waals surface area contributed by atoms with Crippen molar-refractivity contribution in [3.05, 3.63) is 64.2 Å². The molecule has 0 radical (unpaired) electrons. The summed E-state index contributed by atoms with van der Waals surface area (Å²) in [6, 6.07) is 13.0. The normalized spacial score (nSPS) is 12.9. The van der Waals surface area contributed by atoms with Crippen LogP contribution in [-0.4, -0.2) is 23.4 Å². The predicted molar refractivity (Wildman–Crippen MR) is 169 cm³/mol. The molecule has 2 amide bonds. The van der Waals surface area contributed by atoms with Crippen molar-refractivity contribution in [2.75, 3.05) is 23.1 Å². The maximum absolute atomic E-state index is 12.9. The van der Waals surface area contributed by atoms with Gasteiger partial charge in [-0.3, -0.25) is 0 Å². The minimum absolute atomic E-state index is 0.317. The number of hydrogen-bond acceptors (Lipinski definition) is 4. The molecular formula is C32H46ClN3O2S. The molecule has 1 heterocycles. The minimum Gasteiger partial charge on any atom is -0.490 e. The van der Waals surface area contributed by atoms with Crippen LogP contribution in [0, 0.1) is 0 Å². The van der Waals surface area contributed by atoms with Crippen molar-refractivity contribution in [1.82, 2.24) is 4.90 Å². The lowest BCUT2D eigenvalue weighted by molar-refractivity contribution is 0.261. The molecule has 3 rings (SSSR count). The van der Waals surface area contributed by atoms with E-state index >= 15 is 0 Å². The minimum atomic E-state index is -0.317. The zero-order valence-corrected chi connectivity index (χ0v) is 25.3. The summed E-state index contributed by atoms with van der Waals surface area (Å²) in [6.07, 6.45) is 17.8. The molecule has 2 aromatic rings. The van der Waals surface area contributed by atoms with E-state index in [1.54, 1.807) is 6.07 Å². The molecule has 0 bridgehead atoms. The average molecular weight is 572 g/mol. The molecule has 7 heteroatoms. The molecule has 0 aromatic heterocycles. The van der Waals surface area contributed by atoms with Crippen molar-refractivity contribution in [2.45, 2.75) is 97.4 Å². The predicted octanol–water partition coefficient (Wildman–Crippen LogP) is 10.4. The first-order chi connectivity index (χ1) is 19.1. The van der Waals surface area contributed by atoms with Crippen LogP contribution >= 0.6 is 23.4 Å². The van der Waals surface area contributed by atoms with E-state index in [0.717, 1.165) is 36.5 Å². The summed E-state index contributed by atoms with van der Waals surface area (Å²) in [5.41, 5.74) is 2.43. The van der Waals surface area contributed by atoms with Crippen LogP contribution in [0.3, 0.4) is 0 Å². The number of unbranched alkanes of at least 4 members (excludes halogenated alkanes) is 11. The second-order valence-electron chi connectivity index (χ2n) is 10.4. The number of carbonyl (C=O) groups is 1. The number of anilines is 2. The Labute approximate surface area is 245 Å². The highest BCUT2D eigenvalue weighted by atomic mass is 35.5. The van der Waals surface area contributed by atoms with Gasteiger partial charge in [0.25, 0.3) is 0 Å². The van der Waals surface area contributed by atoms with Gasteiger partial charge in [0, 0.05) is 18.4 Å². The van der Waals surface area contributed by atoms with Crippen LogP contribution in [0.2, 0.25) is 5.02 Å². The van der Waals surface area contributed by atoms with Crippen LogP contribution in [0.5, 0.6) is 5.75 Å². The zero-order chi connectivity index (χ0) is 27.7. The summed E-state index contributed by atoms with van der Waals surface area (Å²) in [5, 5.41) is 6.44. The van der Waals surface area contributed by atoms with Gasteiger partial charge >= 0.3 is 6.03 Å². The number of benzene rings is 2. The van der Waals surface area contributed by atoms with Gasteiger partial charge in [-0.25, -0.2) is 4.79 Å². The highest BCUT2D eigenvalue weighted by Crippen LogP contribution is 2.33. The first-order valence-corrected chi connectivity index (χ1v) is 16.1. The zero-order valence-electron chi connectivity index (χ0n) is 23.8. The lowest BCUT2D eigenvalue weighted by atomic mass is 10.1. The summed E-state index contributed by atoms with van der Waals surface area (Å²) in [5.74, 6) is 1.45. The van der Waals surface area contributed by atoms with Gasteiger partial charge in [0.15, 0.2) is 5.75 Å². The van der Waals surface area contributed by atoms with Crippen LogP contribution in [-0.2, 0) is 6.54 Å². The van der Waals surface area contributed by atoms with Crippen molar-refractivity contribution in [3.63, 3.8) is 0 Å². The number of amides is 2. The molecule has 2 N–H and O–H groups in total. The van der Waals surface area contributed by atoms with Crippen LogP contribution in [0.1, 0.15) is 96.5 Å². The fraction of sp³-hybridized carbons (Fsp3) is 0.531. The Bertz CT molecular complexity index is 1050. The molecular weight excluding hydrogens is 526 g/mol. The lowest BCUT2D eigenvalue weighted by Gasteiger charge is -2.18. The van der Waals surface area contributed by atoms with Crippen LogP contribution < -0.4 is 15.4 Å². The second kappa shape index (κ2) is 18.1. The monoisotopic (exact) mass is 571 g/mol. The third-order valence-electron chi connectivity index (χ3n) is 6.92. The van der Waals surface area contributed by atoms with E-state index in [2.05, 4.69) is 35.6 Å². The number of halogens is 1. The summed E-state index contributed by atoms with van der Waals surface area (Å²) in [7, 11) is 0. The summed E-state index contributed by atoms with van der Waals surface area (Å²) in [4.78, 5) is 16.5. The van der Waals surface area contributed by atoms with Gasteiger partial charge in [0.05, 0.1) is 23.2 Å². The largest absolute Gasteiger partial charge is 0.490 e. The van der Waals surface area contributed by atoms with Crippen molar-refractivity contribution in [2.24, 2.45) is 0 Å². The van der Waals surface area contributed by atoms with E-state index in [4.69, 9.17) is 16.3 Å². The average Bonchev–Trinajstić information content (AvgIpc) is 3.33. The first kappa shape index (κ1) is 31.2. The Morgan fingerprint density at radius 3 is 2.15 bits per heavy atom. The number of hydrogen-bond donors (Lipinski definition) is 2. The van der Waals surface area contributed by atoms with E-state index in [-0.39, 0.29) is 6.03 Å². The van der Waals surface area contributed by atoms with Gasteiger partial charge in [-0.15, -0.1) is 11.8 Å². The highest BCUT2D eigenvalue weighted by Gasteiger charge is 2.15.